The van der Waals surface area contributed by atoms with Crippen molar-refractivity contribution in [2.75, 3.05) is 56.1 Å². The third-order valence-electron chi connectivity index (χ3n) is 5.32. The molecule has 8 heteroatoms. The highest BCUT2D eigenvalue weighted by atomic mass is 16.6. The number of carbonyl (C=O) groups is 1. The summed E-state index contributed by atoms with van der Waals surface area (Å²) in [6.45, 7) is 6.43. The molecule has 0 unspecified atom stereocenters. The fraction of sp³-hybridized carbons (Fsp3) is 0.364. The first kappa shape index (κ1) is 20.0. The zero-order valence-electron chi connectivity index (χ0n) is 17.3. The first-order chi connectivity index (χ1) is 14.7. The molecule has 1 aliphatic rings. The van der Waals surface area contributed by atoms with E-state index in [9.17, 15) is 4.79 Å². The van der Waals surface area contributed by atoms with Gasteiger partial charge in [-0.15, -0.1) is 0 Å². The average Bonchev–Trinajstić information content (AvgIpc) is 3.23. The number of hydrogen-bond acceptors (Lipinski definition) is 6. The molecule has 8 nitrogen and oxygen atoms in total. The fourth-order valence-corrected chi connectivity index (χ4v) is 3.77. The second kappa shape index (κ2) is 9.04. The molecule has 3 heterocycles. The van der Waals surface area contributed by atoms with E-state index >= 15 is 0 Å². The topological polar surface area (TPSA) is 88.1 Å². The predicted molar refractivity (Wildman–Crippen MR) is 119 cm³/mol. The molecule has 1 aromatic carbocycles. The summed E-state index contributed by atoms with van der Waals surface area (Å²) in [5.41, 5.74) is 11.0. The second-order valence-electron chi connectivity index (χ2n) is 7.24. The average molecular weight is 409 g/mol. The lowest BCUT2D eigenvalue weighted by atomic mass is 10.1. The van der Waals surface area contributed by atoms with E-state index in [0.717, 1.165) is 47.7 Å². The number of nitrogens with two attached hydrogens (primary N) is 1. The van der Waals surface area contributed by atoms with Crippen LogP contribution in [-0.4, -0.2) is 66.5 Å². The number of nitrogens with zero attached hydrogens (tertiary/aromatic N) is 4. The highest BCUT2D eigenvalue weighted by Crippen LogP contribution is 2.29. The van der Waals surface area contributed by atoms with E-state index in [4.69, 9.17) is 10.5 Å². The van der Waals surface area contributed by atoms with Crippen LogP contribution in [0.25, 0.3) is 16.6 Å². The number of rotatable bonds is 6. The maximum Gasteiger partial charge on any atom is 0.409 e. The SMILES string of the molecule is CCOC(=O)N1CCN(c2ccnn3cc(-c4ccc(NCCN)cc4)cc23)CC1. The molecule has 1 fully saturated rings. The number of amides is 1. The standard InChI is InChI=1S/C22H28N6O2/c1-2-30-22(29)27-13-11-26(12-14-27)20-7-9-25-28-16-18(15-21(20)28)17-3-5-19(6-4-17)24-10-8-23/h3-7,9,15-16,24H,2,8,10-14,23H2,1H3. The van der Waals surface area contributed by atoms with Gasteiger partial charge in [0.15, 0.2) is 0 Å². The molecular weight excluding hydrogens is 380 g/mol. The number of ether oxygens (including phenoxy) is 1. The number of anilines is 2. The summed E-state index contributed by atoms with van der Waals surface area (Å²) in [5.74, 6) is 0. The third-order valence-corrected chi connectivity index (χ3v) is 5.32. The second-order valence-corrected chi connectivity index (χ2v) is 7.24. The minimum absolute atomic E-state index is 0.230. The molecule has 0 aliphatic carbocycles. The van der Waals surface area contributed by atoms with Crippen molar-refractivity contribution < 1.29 is 9.53 Å². The number of aromatic nitrogens is 2. The summed E-state index contributed by atoms with van der Waals surface area (Å²) in [5, 5.41) is 7.77. The van der Waals surface area contributed by atoms with Gasteiger partial charge in [0.05, 0.1) is 17.8 Å². The lowest BCUT2D eigenvalue weighted by molar-refractivity contribution is 0.105. The van der Waals surface area contributed by atoms with Crippen molar-refractivity contribution in [3.8, 4) is 11.1 Å². The van der Waals surface area contributed by atoms with Crippen LogP contribution in [0.5, 0.6) is 0 Å². The number of carbonyl (C=O) groups excluding carboxylic acids is 1. The van der Waals surface area contributed by atoms with E-state index in [1.54, 1.807) is 4.90 Å². The molecule has 0 spiro atoms. The highest BCUT2D eigenvalue weighted by molar-refractivity contribution is 5.80. The van der Waals surface area contributed by atoms with Crippen molar-refractivity contribution >= 4 is 23.0 Å². The van der Waals surface area contributed by atoms with E-state index in [0.29, 0.717) is 26.2 Å². The highest BCUT2D eigenvalue weighted by Gasteiger charge is 2.23. The van der Waals surface area contributed by atoms with Gasteiger partial charge in [0.1, 0.15) is 0 Å². The van der Waals surface area contributed by atoms with Gasteiger partial charge in [-0.2, -0.15) is 5.10 Å². The minimum Gasteiger partial charge on any atom is -0.450 e. The Labute approximate surface area is 176 Å². The molecule has 158 valence electrons. The normalized spacial score (nSPS) is 14.2. The summed E-state index contributed by atoms with van der Waals surface area (Å²) >= 11 is 0. The quantitative estimate of drug-likeness (QED) is 0.652. The molecule has 4 rings (SSSR count). The summed E-state index contributed by atoms with van der Waals surface area (Å²) in [6.07, 6.45) is 3.64. The van der Waals surface area contributed by atoms with E-state index in [2.05, 4.69) is 51.8 Å². The fourth-order valence-electron chi connectivity index (χ4n) is 3.77. The van der Waals surface area contributed by atoms with Crippen molar-refractivity contribution in [3.05, 3.63) is 48.8 Å². The molecule has 0 atom stereocenters. The molecule has 3 aromatic rings. The zero-order valence-corrected chi connectivity index (χ0v) is 17.3. The monoisotopic (exact) mass is 408 g/mol. The lowest BCUT2D eigenvalue weighted by Crippen LogP contribution is -2.49. The molecule has 30 heavy (non-hydrogen) atoms. The summed E-state index contributed by atoms with van der Waals surface area (Å²) in [4.78, 5) is 16.0. The maximum atomic E-state index is 12.0. The van der Waals surface area contributed by atoms with Crippen LogP contribution in [0.3, 0.4) is 0 Å². The van der Waals surface area contributed by atoms with Crippen LogP contribution in [0, 0.1) is 0 Å². The number of benzene rings is 1. The Morgan fingerprint density at radius 3 is 2.60 bits per heavy atom. The van der Waals surface area contributed by atoms with E-state index in [-0.39, 0.29) is 6.09 Å². The predicted octanol–water partition coefficient (Wildman–Crippen LogP) is 2.65. The Kier molecular flexibility index (Phi) is 6.04. The first-order valence-corrected chi connectivity index (χ1v) is 10.4. The van der Waals surface area contributed by atoms with Crippen molar-refractivity contribution in [1.29, 1.82) is 0 Å². The molecule has 0 saturated carbocycles. The summed E-state index contributed by atoms with van der Waals surface area (Å²) in [6, 6.07) is 12.5. The Morgan fingerprint density at radius 2 is 1.90 bits per heavy atom. The Morgan fingerprint density at radius 1 is 1.13 bits per heavy atom. The molecule has 1 aliphatic heterocycles. The van der Waals surface area contributed by atoms with Crippen molar-refractivity contribution in [1.82, 2.24) is 14.5 Å². The molecule has 1 saturated heterocycles. The molecule has 1 amide bonds. The van der Waals surface area contributed by atoms with Crippen molar-refractivity contribution in [2.45, 2.75) is 6.92 Å². The number of fused-ring (bicyclic) bond motifs is 1. The molecule has 3 N–H and O–H groups in total. The Hall–Kier alpha value is -3.26. The minimum atomic E-state index is -0.230. The van der Waals surface area contributed by atoms with Crippen LogP contribution in [0.4, 0.5) is 16.2 Å². The van der Waals surface area contributed by atoms with Gasteiger partial charge in [-0.3, -0.25) is 0 Å². The van der Waals surface area contributed by atoms with Gasteiger partial charge in [0.2, 0.25) is 0 Å². The number of nitrogens with one attached hydrogen (secondary N) is 1. The van der Waals surface area contributed by atoms with Gasteiger partial charge in [0.25, 0.3) is 0 Å². The van der Waals surface area contributed by atoms with Gasteiger partial charge in [-0.25, -0.2) is 9.31 Å². The third kappa shape index (κ3) is 4.18. The van der Waals surface area contributed by atoms with Crippen LogP contribution >= 0.6 is 0 Å². The van der Waals surface area contributed by atoms with Gasteiger partial charge < -0.3 is 25.6 Å². The Bertz CT molecular complexity index is 993. The summed E-state index contributed by atoms with van der Waals surface area (Å²) < 4.78 is 7.04. The number of piperazine rings is 1. The van der Waals surface area contributed by atoms with Gasteiger partial charge in [0, 0.05) is 62.9 Å². The van der Waals surface area contributed by atoms with Crippen LogP contribution in [0.1, 0.15) is 6.92 Å². The van der Waals surface area contributed by atoms with E-state index in [1.807, 2.05) is 23.7 Å². The van der Waals surface area contributed by atoms with Gasteiger partial charge in [-0.05, 0) is 36.8 Å². The van der Waals surface area contributed by atoms with Crippen molar-refractivity contribution in [2.24, 2.45) is 5.73 Å². The maximum absolute atomic E-state index is 12.0. The largest absolute Gasteiger partial charge is 0.450 e. The zero-order chi connectivity index (χ0) is 20.9. The molecule has 2 aromatic heterocycles. The van der Waals surface area contributed by atoms with Crippen LogP contribution in [0.15, 0.2) is 48.8 Å². The van der Waals surface area contributed by atoms with Gasteiger partial charge >= 0.3 is 6.09 Å². The van der Waals surface area contributed by atoms with Crippen LogP contribution in [0.2, 0.25) is 0 Å². The first-order valence-electron chi connectivity index (χ1n) is 10.4. The molecule has 0 bridgehead atoms. The van der Waals surface area contributed by atoms with E-state index < -0.39 is 0 Å². The smallest absolute Gasteiger partial charge is 0.409 e. The number of hydrogen-bond donors (Lipinski definition) is 2. The van der Waals surface area contributed by atoms with E-state index in [1.165, 1.54) is 0 Å². The van der Waals surface area contributed by atoms with Crippen LogP contribution in [-0.2, 0) is 4.74 Å². The van der Waals surface area contributed by atoms with Gasteiger partial charge in [-0.1, -0.05) is 12.1 Å². The van der Waals surface area contributed by atoms with Crippen molar-refractivity contribution in [3.63, 3.8) is 0 Å². The lowest BCUT2D eigenvalue weighted by Gasteiger charge is -2.35. The van der Waals surface area contributed by atoms with Crippen LogP contribution < -0.4 is 16.0 Å². The Balaban J connectivity index is 1.52. The summed E-state index contributed by atoms with van der Waals surface area (Å²) in [7, 11) is 0. The molecular formula is C22H28N6O2. The molecule has 0 radical (unpaired) electrons.